The van der Waals surface area contributed by atoms with Crippen LogP contribution in [-0.4, -0.2) is 23.0 Å². The van der Waals surface area contributed by atoms with Gasteiger partial charge in [0.25, 0.3) is 0 Å². The third kappa shape index (κ3) is 4.02. The lowest BCUT2D eigenvalue weighted by atomic mass is 10.0. The number of benzene rings is 1. The number of aromatic nitrogens is 1. The molecule has 1 heterocycles. The maximum Gasteiger partial charge on any atom is 0.237 e. The van der Waals surface area contributed by atoms with Gasteiger partial charge in [0.2, 0.25) is 5.91 Å². The molecule has 0 bridgehead atoms. The number of hydrogen-bond acceptors (Lipinski definition) is 2. The molecule has 1 aliphatic carbocycles. The monoisotopic (exact) mass is 321 g/mol. The third-order valence-electron chi connectivity index (χ3n) is 4.22. The van der Waals surface area contributed by atoms with E-state index in [1.807, 2.05) is 24.4 Å². The van der Waals surface area contributed by atoms with E-state index in [0.717, 1.165) is 28.8 Å². The van der Waals surface area contributed by atoms with Gasteiger partial charge in [-0.25, -0.2) is 0 Å². The van der Waals surface area contributed by atoms with Gasteiger partial charge in [0, 0.05) is 23.1 Å². The zero-order valence-electron chi connectivity index (χ0n) is 12.8. The zero-order valence-corrected chi connectivity index (χ0v) is 13.7. The van der Waals surface area contributed by atoms with Crippen molar-refractivity contribution in [3.63, 3.8) is 0 Å². The summed E-state index contributed by atoms with van der Waals surface area (Å²) in [4.78, 5) is 15.4. The summed E-state index contributed by atoms with van der Waals surface area (Å²) in [6, 6.07) is 7.81. The molecule has 22 heavy (non-hydrogen) atoms. The standard InChI is InChI=1S/C17H23N3O.ClH/c1-11(8-12-6-7-12)20-17(21)15(18)9-13-10-19-16-5-3-2-4-14(13)16;/h2-5,10-12,15,19H,6-9,18H2,1H3,(H,20,21);1H/t11?,15-;/m0./s1. The highest BCUT2D eigenvalue weighted by Gasteiger charge is 2.25. The van der Waals surface area contributed by atoms with Crippen LogP contribution in [0.1, 0.15) is 31.7 Å². The van der Waals surface area contributed by atoms with Gasteiger partial charge >= 0.3 is 0 Å². The van der Waals surface area contributed by atoms with Crippen molar-refractivity contribution in [1.82, 2.24) is 10.3 Å². The molecule has 0 saturated heterocycles. The van der Waals surface area contributed by atoms with Crippen LogP contribution in [0.2, 0.25) is 0 Å². The average molecular weight is 322 g/mol. The molecule has 3 rings (SSSR count). The quantitative estimate of drug-likeness (QED) is 0.765. The summed E-state index contributed by atoms with van der Waals surface area (Å²) in [6.07, 6.45) is 6.20. The Balaban J connectivity index is 0.00000176. The summed E-state index contributed by atoms with van der Waals surface area (Å²) in [6.45, 7) is 2.06. The highest BCUT2D eigenvalue weighted by molar-refractivity contribution is 5.86. The van der Waals surface area contributed by atoms with Gasteiger partial charge in [-0.3, -0.25) is 4.79 Å². The molecule has 0 radical (unpaired) electrons. The highest BCUT2D eigenvalue weighted by Crippen LogP contribution is 2.33. The molecule has 5 heteroatoms. The van der Waals surface area contributed by atoms with Crippen molar-refractivity contribution in [2.75, 3.05) is 0 Å². The van der Waals surface area contributed by atoms with Crippen molar-refractivity contribution in [2.45, 2.75) is 44.7 Å². The summed E-state index contributed by atoms with van der Waals surface area (Å²) in [5, 5.41) is 4.18. The smallest absolute Gasteiger partial charge is 0.237 e. The topological polar surface area (TPSA) is 70.9 Å². The van der Waals surface area contributed by atoms with Crippen LogP contribution in [0.5, 0.6) is 0 Å². The van der Waals surface area contributed by atoms with Gasteiger partial charge in [-0.2, -0.15) is 0 Å². The van der Waals surface area contributed by atoms with Crippen LogP contribution in [-0.2, 0) is 11.2 Å². The number of nitrogens with one attached hydrogen (secondary N) is 2. The van der Waals surface area contributed by atoms with Gasteiger partial charge in [-0.1, -0.05) is 31.0 Å². The molecule has 0 aliphatic heterocycles. The average Bonchev–Trinajstić information content (AvgIpc) is 3.18. The van der Waals surface area contributed by atoms with Gasteiger partial charge in [-0.15, -0.1) is 12.4 Å². The Bertz CT molecular complexity index is 636. The number of para-hydroxylation sites is 1. The lowest BCUT2D eigenvalue weighted by molar-refractivity contribution is -0.123. The molecule has 1 aliphatic rings. The van der Waals surface area contributed by atoms with Gasteiger partial charge in [0.05, 0.1) is 6.04 Å². The van der Waals surface area contributed by atoms with E-state index in [1.165, 1.54) is 12.8 Å². The molecule has 4 N–H and O–H groups in total. The van der Waals surface area contributed by atoms with Crippen molar-refractivity contribution in [2.24, 2.45) is 11.7 Å². The van der Waals surface area contributed by atoms with E-state index in [4.69, 9.17) is 5.73 Å². The van der Waals surface area contributed by atoms with E-state index in [2.05, 4.69) is 23.3 Å². The van der Waals surface area contributed by atoms with E-state index in [-0.39, 0.29) is 24.4 Å². The lowest BCUT2D eigenvalue weighted by Crippen LogP contribution is -2.45. The minimum Gasteiger partial charge on any atom is -0.361 e. The van der Waals surface area contributed by atoms with Crippen LogP contribution in [0, 0.1) is 5.92 Å². The van der Waals surface area contributed by atoms with E-state index in [9.17, 15) is 4.79 Å². The number of carbonyl (C=O) groups is 1. The molecule has 2 aromatic rings. The second-order valence-corrected chi connectivity index (χ2v) is 6.26. The number of fused-ring (bicyclic) bond motifs is 1. The molecule has 1 aromatic heterocycles. The molecule has 1 unspecified atom stereocenters. The Labute approximate surface area is 137 Å². The molecule has 1 aromatic carbocycles. The maximum absolute atomic E-state index is 12.2. The van der Waals surface area contributed by atoms with Gasteiger partial charge in [0.1, 0.15) is 0 Å². The van der Waals surface area contributed by atoms with Crippen LogP contribution < -0.4 is 11.1 Å². The molecule has 4 nitrogen and oxygen atoms in total. The Morgan fingerprint density at radius 1 is 1.41 bits per heavy atom. The van der Waals surface area contributed by atoms with Crippen molar-refractivity contribution >= 4 is 29.2 Å². The lowest BCUT2D eigenvalue weighted by Gasteiger charge is -2.17. The van der Waals surface area contributed by atoms with Crippen LogP contribution in [0.25, 0.3) is 10.9 Å². The molecular weight excluding hydrogens is 298 g/mol. The normalized spacial score (nSPS) is 16.8. The Morgan fingerprint density at radius 3 is 2.86 bits per heavy atom. The molecule has 1 fully saturated rings. The second-order valence-electron chi connectivity index (χ2n) is 6.26. The predicted octanol–water partition coefficient (Wildman–Crippen LogP) is 2.76. The number of H-pyrrole nitrogens is 1. The van der Waals surface area contributed by atoms with Crippen LogP contribution in [0.15, 0.2) is 30.5 Å². The largest absolute Gasteiger partial charge is 0.361 e. The van der Waals surface area contributed by atoms with Crippen molar-refractivity contribution in [3.05, 3.63) is 36.0 Å². The van der Waals surface area contributed by atoms with Gasteiger partial charge in [0.15, 0.2) is 0 Å². The first-order chi connectivity index (χ1) is 10.1. The highest BCUT2D eigenvalue weighted by atomic mass is 35.5. The number of halogens is 1. The minimum atomic E-state index is -0.495. The first-order valence-corrected chi connectivity index (χ1v) is 7.74. The van der Waals surface area contributed by atoms with E-state index in [1.54, 1.807) is 0 Å². The molecule has 120 valence electrons. The summed E-state index contributed by atoms with van der Waals surface area (Å²) < 4.78 is 0. The second kappa shape index (κ2) is 7.16. The fraction of sp³-hybridized carbons (Fsp3) is 0.471. The van der Waals surface area contributed by atoms with E-state index >= 15 is 0 Å². The summed E-state index contributed by atoms with van der Waals surface area (Å²) >= 11 is 0. The number of hydrogen-bond donors (Lipinski definition) is 3. The minimum absolute atomic E-state index is 0. The van der Waals surface area contributed by atoms with Gasteiger partial charge in [-0.05, 0) is 37.3 Å². The van der Waals surface area contributed by atoms with Crippen LogP contribution >= 0.6 is 12.4 Å². The maximum atomic E-state index is 12.2. The van der Waals surface area contributed by atoms with Gasteiger partial charge < -0.3 is 16.0 Å². The van der Waals surface area contributed by atoms with Crippen molar-refractivity contribution < 1.29 is 4.79 Å². The Morgan fingerprint density at radius 2 is 2.14 bits per heavy atom. The van der Waals surface area contributed by atoms with Crippen molar-refractivity contribution in [3.8, 4) is 0 Å². The first-order valence-electron chi connectivity index (χ1n) is 7.74. The first kappa shape index (κ1) is 16.8. The number of aromatic amines is 1. The van der Waals surface area contributed by atoms with E-state index in [0.29, 0.717) is 6.42 Å². The Kier molecular flexibility index (Phi) is 5.48. The van der Waals surface area contributed by atoms with Crippen molar-refractivity contribution in [1.29, 1.82) is 0 Å². The third-order valence-corrected chi connectivity index (χ3v) is 4.22. The molecule has 2 atom stereocenters. The number of carbonyl (C=O) groups excluding carboxylic acids is 1. The number of amides is 1. The molecule has 1 amide bonds. The zero-order chi connectivity index (χ0) is 14.8. The molecule has 1 saturated carbocycles. The predicted molar refractivity (Wildman–Crippen MR) is 92.2 cm³/mol. The summed E-state index contributed by atoms with van der Waals surface area (Å²) in [7, 11) is 0. The number of nitrogens with two attached hydrogens (primary N) is 1. The number of rotatable bonds is 6. The fourth-order valence-electron chi connectivity index (χ4n) is 2.89. The van der Waals surface area contributed by atoms with E-state index < -0.39 is 6.04 Å². The Hall–Kier alpha value is -1.52. The fourth-order valence-corrected chi connectivity index (χ4v) is 2.89. The summed E-state index contributed by atoms with van der Waals surface area (Å²) in [5.41, 5.74) is 8.25. The molecule has 0 spiro atoms. The summed E-state index contributed by atoms with van der Waals surface area (Å²) in [5.74, 6) is 0.763. The molecular formula is C17H24ClN3O. The SMILES string of the molecule is CC(CC1CC1)NC(=O)[C@@H](N)Cc1c[nH]c2ccccc12.Cl. The van der Waals surface area contributed by atoms with Crippen LogP contribution in [0.4, 0.5) is 0 Å². The van der Waals surface area contributed by atoms with Crippen LogP contribution in [0.3, 0.4) is 0 Å².